The molecular formula is C8H11NO3. The van der Waals surface area contributed by atoms with Gasteiger partial charge in [-0.2, -0.15) is 5.26 Å². The zero-order valence-corrected chi connectivity index (χ0v) is 6.66. The fraction of sp³-hybridized carbons (Fsp3) is 0.500. The van der Waals surface area contributed by atoms with Crippen molar-refractivity contribution in [3.63, 3.8) is 0 Å². The summed E-state index contributed by atoms with van der Waals surface area (Å²) in [6.07, 6.45) is 3.03. The van der Waals surface area contributed by atoms with Gasteiger partial charge >= 0.3 is 6.16 Å². The number of allylic oxidation sites excluding steroid dienone is 1. The predicted molar refractivity (Wildman–Crippen MR) is 42.7 cm³/mol. The Morgan fingerprint density at radius 3 is 2.17 bits per heavy atom. The lowest BCUT2D eigenvalue weighted by molar-refractivity contribution is 0.137. The minimum atomic E-state index is -1.83. The van der Waals surface area contributed by atoms with Gasteiger partial charge < -0.3 is 10.2 Å². The lowest BCUT2D eigenvalue weighted by atomic mass is 10.1. The smallest absolute Gasteiger partial charge is 0.450 e. The number of hydrogen-bond acceptors (Lipinski definition) is 2. The first-order valence-corrected chi connectivity index (χ1v) is 3.50. The van der Waals surface area contributed by atoms with E-state index in [1.54, 1.807) is 0 Å². The summed E-state index contributed by atoms with van der Waals surface area (Å²) in [6.45, 7) is 3.58. The van der Waals surface area contributed by atoms with Crippen molar-refractivity contribution in [2.75, 3.05) is 0 Å². The number of nitrogens with zero attached hydrogens (tertiary/aromatic N) is 1. The minimum Gasteiger partial charge on any atom is -0.450 e. The number of rotatable bonds is 2. The van der Waals surface area contributed by atoms with Gasteiger partial charge in [0.2, 0.25) is 0 Å². The van der Waals surface area contributed by atoms with E-state index >= 15 is 0 Å². The van der Waals surface area contributed by atoms with Crippen LogP contribution < -0.4 is 0 Å². The Kier molecular flexibility index (Phi) is 3.84. The summed E-state index contributed by atoms with van der Waals surface area (Å²) < 4.78 is 0. The van der Waals surface area contributed by atoms with Gasteiger partial charge in [-0.05, 0) is 19.3 Å². The van der Waals surface area contributed by atoms with Crippen molar-refractivity contribution < 1.29 is 15.0 Å². The van der Waals surface area contributed by atoms with Crippen molar-refractivity contribution in [2.24, 2.45) is 5.41 Å². The van der Waals surface area contributed by atoms with Gasteiger partial charge in [0.1, 0.15) is 0 Å². The zero-order valence-electron chi connectivity index (χ0n) is 6.66. The van der Waals surface area contributed by atoms with Gasteiger partial charge in [-0.3, -0.25) is 0 Å². The molecule has 2 N–H and O–H groups in total. The van der Waals surface area contributed by atoms with Gasteiger partial charge in [0.05, 0.1) is 11.5 Å². The first-order chi connectivity index (χ1) is 5.56. The lowest BCUT2D eigenvalue weighted by Crippen LogP contribution is -1.90. The SMILES string of the molecule is C=CCC1(C#N)CC1.O=C(O)O. The van der Waals surface area contributed by atoms with Crippen LogP contribution in [0.25, 0.3) is 0 Å². The molecule has 0 atom stereocenters. The van der Waals surface area contributed by atoms with Crippen LogP contribution in [0.4, 0.5) is 4.79 Å². The van der Waals surface area contributed by atoms with Crippen LogP contribution in [0.5, 0.6) is 0 Å². The Labute approximate surface area is 70.7 Å². The molecule has 0 saturated heterocycles. The maximum absolute atomic E-state index is 8.56. The number of carbonyl (C=O) groups is 1. The maximum atomic E-state index is 8.56. The van der Waals surface area contributed by atoms with E-state index in [0.29, 0.717) is 0 Å². The van der Waals surface area contributed by atoms with E-state index in [1.165, 1.54) is 0 Å². The van der Waals surface area contributed by atoms with Crippen LogP contribution in [0.15, 0.2) is 12.7 Å². The van der Waals surface area contributed by atoms with Gasteiger partial charge in [0.15, 0.2) is 0 Å². The molecule has 0 aliphatic heterocycles. The molecule has 1 aliphatic rings. The van der Waals surface area contributed by atoms with Gasteiger partial charge in [-0.15, -0.1) is 6.58 Å². The lowest BCUT2D eigenvalue weighted by Gasteiger charge is -1.94. The highest BCUT2D eigenvalue weighted by Gasteiger charge is 2.41. The molecule has 0 spiro atoms. The highest BCUT2D eigenvalue weighted by molar-refractivity contribution is 5.53. The second kappa shape index (κ2) is 4.39. The summed E-state index contributed by atoms with van der Waals surface area (Å²) in [5, 5.41) is 22.4. The predicted octanol–water partition coefficient (Wildman–Crippen LogP) is 2.09. The Morgan fingerprint density at radius 1 is 1.67 bits per heavy atom. The topological polar surface area (TPSA) is 81.3 Å². The summed E-state index contributed by atoms with van der Waals surface area (Å²) in [6, 6.07) is 2.28. The van der Waals surface area contributed by atoms with Crippen LogP contribution in [0, 0.1) is 16.7 Å². The maximum Gasteiger partial charge on any atom is 0.503 e. The van der Waals surface area contributed by atoms with E-state index in [4.69, 9.17) is 20.3 Å². The third kappa shape index (κ3) is 4.34. The van der Waals surface area contributed by atoms with Gasteiger partial charge in [0.25, 0.3) is 0 Å². The molecule has 0 amide bonds. The van der Waals surface area contributed by atoms with Gasteiger partial charge in [-0.25, -0.2) is 4.79 Å². The summed E-state index contributed by atoms with van der Waals surface area (Å²) >= 11 is 0. The third-order valence-electron chi connectivity index (χ3n) is 1.63. The second-order valence-corrected chi connectivity index (χ2v) is 2.67. The van der Waals surface area contributed by atoms with Crippen LogP contribution in [-0.4, -0.2) is 16.4 Å². The molecule has 0 aromatic heterocycles. The Bertz CT molecular complexity index is 209. The quantitative estimate of drug-likeness (QED) is 0.620. The molecule has 0 unspecified atom stereocenters. The van der Waals surface area contributed by atoms with Crippen LogP contribution in [0.2, 0.25) is 0 Å². The molecule has 1 saturated carbocycles. The highest BCUT2D eigenvalue weighted by atomic mass is 16.6. The van der Waals surface area contributed by atoms with Gasteiger partial charge in [-0.1, -0.05) is 6.08 Å². The summed E-state index contributed by atoms with van der Waals surface area (Å²) in [5.41, 5.74) is 0.0295. The average Bonchev–Trinajstić information content (AvgIpc) is 2.69. The first kappa shape index (κ1) is 10.5. The van der Waals surface area contributed by atoms with Crippen molar-refractivity contribution in [2.45, 2.75) is 19.3 Å². The standard InChI is InChI=1S/C7H9N.CH2O3/c1-2-3-7(6-8)4-5-7;2-1(3)4/h2H,1,3-5H2;(H2,2,3,4). The summed E-state index contributed by atoms with van der Waals surface area (Å²) in [4.78, 5) is 8.56. The molecule has 4 heteroatoms. The Balaban J connectivity index is 0.000000261. The van der Waals surface area contributed by atoms with Crippen molar-refractivity contribution in [1.29, 1.82) is 5.26 Å². The number of carboxylic acid groups (broad SMARTS) is 2. The van der Waals surface area contributed by atoms with E-state index in [0.717, 1.165) is 19.3 Å². The molecule has 0 heterocycles. The molecule has 1 aliphatic carbocycles. The molecule has 0 bridgehead atoms. The average molecular weight is 169 g/mol. The van der Waals surface area contributed by atoms with Crippen LogP contribution in [-0.2, 0) is 0 Å². The van der Waals surface area contributed by atoms with Gasteiger partial charge in [0, 0.05) is 0 Å². The largest absolute Gasteiger partial charge is 0.503 e. The molecule has 66 valence electrons. The minimum absolute atomic E-state index is 0.0295. The second-order valence-electron chi connectivity index (χ2n) is 2.67. The van der Waals surface area contributed by atoms with E-state index in [-0.39, 0.29) is 5.41 Å². The Morgan fingerprint density at radius 2 is 2.08 bits per heavy atom. The fourth-order valence-electron chi connectivity index (χ4n) is 0.789. The molecule has 4 nitrogen and oxygen atoms in total. The first-order valence-electron chi connectivity index (χ1n) is 3.50. The van der Waals surface area contributed by atoms with Crippen molar-refractivity contribution >= 4 is 6.16 Å². The van der Waals surface area contributed by atoms with E-state index in [9.17, 15) is 0 Å². The normalized spacial score (nSPS) is 16.2. The molecule has 1 rings (SSSR count). The number of hydrogen-bond donors (Lipinski definition) is 2. The highest BCUT2D eigenvalue weighted by Crippen LogP contribution is 2.48. The molecule has 0 aromatic carbocycles. The molecule has 0 aromatic rings. The monoisotopic (exact) mass is 169 g/mol. The third-order valence-corrected chi connectivity index (χ3v) is 1.63. The van der Waals surface area contributed by atoms with E-state index in [1.807, 2.05) is 6.08 Å². The summed E-state index contributed by atoms with van der Waals surface area (Å²) in [7, 11) is 0. The molecule has 1 fully saturated rings. The van der Waals surface area contributed by atoms with Crippen LogP contribution in [0.3, 0.4) is 0 Å². The van der Waals surface area contributed by atoms with Crippen LogP contribution in [0.1, 0.15) is 19.3 Å². The number of nitriles is 1. The van der Waals surface area contributed by atoms with Crippen LogP contribution >= 0.6 is 0 Å². The van der Waals surface area contributed by atoms with E-state index in [2.05, 4.69) is 12.6 Å². The van der Waals surface area contributed by atoms with E-state index < -0.39 is 6.16 Å². The van der Waals surface area contributed by atoms with Crippen molar-refractivity contribution in [1.82, 2.24) is 0 Å². The fourth-order valence-corrected chi connectivity index (χ4v) is 0.789. The zero-order chi connectivity index (χ0) is 9.61. The Hall–Kier alpha value is -1.50. The van der Waals surface area contributed by atoms with Crippen molar-refractivity contribution in [3.8, 4) is 6.07 Å². The molecule has 12 heavy (non-hydrogen) atoms. The molecule has 0 radical (unpaired) electrons. The van der Waals surface area contributed by atoms with Crippen molar-refractivity contribution in [3.05, 3.63) is 12.7 Å². The molecular weight excluding hydrogens is 158 g/mol. The summed E-state index contributed by atoms with van der Waals surface area (Å²) in [5.74, 6) is 0.